The Morgan fingerprint density at radius 2 is 2.19 bits per heavy atom. The van der Waals surface area contributed by atoms with Crippen molar-refractivity contribution in [2.75, 3.05) is 6.54 Å². The Bertz CT molecular complexity index is 408. The van der Waals surface area contributed by atoms with Crippen molar-refractivity contribution in [3.8, 4) is 5.75 Å². The molecule has 1 aliphatic carbocycles. The third-order valence-electron chi connectivity index (χ3n) is 3.50. The molecular weight excluding hydrogens is 212 g/mol. The third kappa shape index (κ3) is 1.57. The van der Waals surface area contributed by atoms with E-state index in [1.54, 1.807) is 12.1 Å². The second-order valence-electron chi connectivity index (χ2n) is 4.40. The number of benzene rings is 1. The maximum absolute atomic E-state index is 12.1. The minimum absolute atomic E-state index is 0.267. The normalized spacial score (nSPS) is 26.9. The summed E-state index contributed by atoms with van der Waals surface area (Å²) in [6.07, 6.45) is 2.23. The number of alkyl halides is 2. The van der Waals surface area contributed by atoms with E-state index in [-0.39, 0.29) is 5.75 Å². The minimum atomic E-state index is -2.74. The Morgan fingerprint density at radius 1 is 1.31 bits per heavy atom. The van der Waals surface area contributed by atoms with Gasteiger partial charge in [0.2, 0.25) is 0 Å². The average Bonchev–Trinajstić information content (AvgIpc) is 2.50. The first-order chi connectivity index (χ1) is 7.74. The molecule has 2 aliphatic rings. The van der Waals surface area contributed by atoms with E-state index in [0.29, 0.717) is 12.0 Å². The lowest BCUT2D eigenvalue weighted by Crippen LogP contribution is -2.25. The molecule has 0 spiro atoms. The molecule has 86 valence electrons. The van der Waals surface area contributed by atoms with Crippen molar-refractivity contribution in [2.45, 2.75) is 31.4 Å². The minimum Gasteiger partial charge on any atom is -0.435 e. The van der Waals surface area contributed by atoms with Gasteiger partial charge >= 0.3 is 6.61 Å². The quantitative estimate of drug-likeness (QED) is 0.835. The first-order valence-corrected chi connectivity index (χ1v) is 5.56. The first kappa shape index (κ1) is 10.0. The van der Waals surface area contributed by atoms with Crippen LogP contribution in [0.25, 0.3) is 0 Å². The van der Waals surface area contributed by atoms with Crippen molar-refractivity contribution in [1.82, 2.24) is 5.32 Å². The highest BCUT2D eigenvalue weighted by Crippen LogP contribution is 2.45. The van der Waals surface area contributed by atoms with Gasteiger partial charge in [0.25, 0.3) is 0 Å². The highest BCUT2D eigenvalue weighted by atomic mass is 19.3. The monoisotopic (exact) mass is 225 g/mol. The fraction of sp³-hybridized carbons (Fsp3) is 0.500. The molecule has 1 aliphatic heterocycles. The first-order valence-electron chi connectivity index (χ1n) is 5.56. The zero-order valence-electron chi connectivity index (χ0n) is 8.75. The molecule has 3 rings (SSSR count). The smallest absolute Gasteiger partial charge is 0.387 e. The number of nitrogens with one attached hydrogen (secondary N) is 1. The average molecular weight is 225 g/mol. The van der Waals surface area contributed by atoms with Gasteiger partial charge in [0.1, 0.15) is 5.75 Å². The zero-order valence-corrected chi connectivity index (χ0v) is 8.75. The van der Waals surface area contributed by atoms with Crippen LogP contribution in [0, 0.1) is 0 Å². The number of piperidine rings is 1. The van der Waals surface area contributed by atoms with Gasteiger partial charge in [-0.05, 0) is 48.6 Å². The van der Waals surface area contributed by atoms with E-state index in [4.69, 9.17) is 0 Å². The van der Waals surface area contributed by atoms with E-state index in [2.05, 4.69) is 10.1 Å². The summed E-state index contributed by atoms with van der Waals surface area (Å²) in [5.41, 5.74) is 2.44. The van der Waals surface area contributed by atoms with Crippen LogP contribution < -0.4 is 10.1 Å². The largest absolute Gasteiger partial charge is 0.435 e. The Morgan fingerprint density at radius 3 is 3.00 bits per heavy atom. The van der Waals surface area contributed by atoms with Gasteiger partial charge in [-0.25, -0.2) is 0 Å². The van der Waals surface area contributed by atoms with Gasteiger partial charge in [0.05, 0.1) is 0 Å². The van der Waals surface area contributed by atoms with Gasteiger partial charge in [0.15, 0.2) is 0 Å². The topological polar surface area (TPSA) is 21.3 Å². The van der Waals surface area contributed by atoms with Gasteiger partial charge in [-0.2, -0.15) is 8.78 Å². The molecule has 1 aromatic rings. The summed E-state index contributed by atoms with van der Waals surface area (Å²) in [7, 11) is 0. The van der Waals surface area contributed by atoms with Gasteiger partial charge in [0, 0.05) is 6.04 Å². The zero-order chi connectivity index (χ0) is 11.1. The van der Waals surface area contributed by atoms with E-state index in [0.717, 1.165) is 24.9 Å². The molecule has 0 saturated carbocycles. The molecule has 1 aromatic carbocycles. The molecule has 2 bridgehead atoms. The number of ether oxygens (including phenoxy) is 1. The molecular formula is C12H13F2NO. The van der Waals surface area contributed by atoms with Gasteiger partial charge in [-0.15, -0.1) is 0 Å². The van der Waals surface area contributed by atoms with Crippen molar-refractivity contribution >= 4 is 0 Å². The molecule has 1 N–H and O–H groups in total. The molecule has 2 nitrogen and oxygen atoms in total. The molecule has 4 heteroatoms. The van der Waals surface area contributed by atoms with Crippen LogP contribution in [0.2, 0.25) is 0 Å². The van der Waals surface area contributed by atoms with Crippen molar-refractivity contribution in [1.29, 1.82) is 0 Å². The van der Waals surface area contributed by atoms with Crippen LogP contribution in [0.4, 0.5) is 8.78 Å². The van der Waals surface area contributed by atoms with E-state index in [9.17, 15) is 8.78 Å². The van der Waals surface area contributed by atoms with Gasteiger partial charge in [-0.3, -0.25) is 0 Å². The third-order valence-corrected chi connectivity index (χ3v) is 3.50. The van der Waals surface area contributed by atoms with Crippen LogP contribution in [0.1, 0.15) is 35.9 Å². The molecule has 0 unspecified atom stereocenters. The van der Waals surface area contributed by atoms with Crippen LogP contribution in [0.5, 0.6) is 5.75 Å². The second-order valence-corrected chi connectivity index (χ2v) is 4.40. The van der Waals surface area contributed by atoms with Crippen molar-refractivity contribution in [3.05, 3.63) is 29.3 Å². The van der Waals surface area contributed by atoms with Crippen molar-refractivity contribution in [2.24, 2.45) is 0 Å². The maximum Gasteiger partial charge on any atom is 0.387 e. The Labute approximate surface area is 92.6 Å². The highest BCUT2D eigenvalue weighted by molar-refractivity contribution is 5.44. The summed E-state index contributed by atoms with van der Waals surface area (Å²) < 4.78 is 28.6. The van der Waals surface area contributed by atoms with Crippen LogP contribution in [0.15, 0.2) is 18.2 Å². The number of rotatable bonds is 2. The second kappa shape index (κ2) is 3.70. The number of fused-ring (bicyclic) bond motifs is 5. The standard InChI is InChI=1S/C12H13F2NO/c13-12(14)16-8-1-2-9-7-3-4-15-11(5-7)10(9)6-8/h1-2,6-7,11-12,15H,3-5H2/t7-,11+/m0/s1. The molecule has 1 heterocycles. The van der Waals surface area contributed by atoms with E-state index in [1.165, 1.54) is 5.56 Å². The molecule has 1 saturated heterocycles. The Balaban J connectivity index is 1.94. The van der Waals surface area contributed by atoms with Crippen molar-refractivity contribution in [3.63, 3.8) is 0 Å². The molecule has 0 radical (unpaired) electrons. The number of hydrogen-bond donors (Lipinski definition) is 1. The molecule has 16 heavy (non-hydrogen) atoms. The number of halogens is 2. The lowest BCUT2D eigenvalue weighted by atomic mass is 9.97. The summed E-state index contributed by atoms with van der Waals surface area (Å²) in [6.45, 7) is -1.73. The lowest BCUT2D eigenvalue weighted by Gasteiger charge is -2.20. The summed E-state index contributed by atoms with van der Waals surface area (Å²) in [6, 6.07) is 5.66. The fourth-order valence-corrected chi connectivity index (χ4v) is 2.84. The van der Waals surface area contributed by atoms with Crippen LogP contribution in [-0.2, 0) is 0 Å². The highest BCUT2D eigenvalue weighted by Gasteiger charge is 2.34. The van der Waals surface area contributed by atoms with Crippen LogP contribution in [-0.4, -0.2) is 13.2 Å². The fourth-order valence-electron chi connectivity index (χ4n) is 2.84. The number of hydrogen-bond acceptors (Lipinski definition) is 2. The predicted octanol–water partition coefficient (Wildman–Crippen LogP) is 2.81. The maximum atomic E-state index is 12.1. The molecule has 1 fully saturated rings. The summed E-state index contributed by atoms with van der Waals surface area (Å²) in [4.78, 5) is 0. The Kier molecular flexibility index (Phi) is 2.32. The molecule has 2 atom stereocenters. The molecule has 0 amide bonds. The van der Waals surface area contributed by atoms with Crippen molar-refractivity contribution < 1.29 is 13.5 Å². The van der Waals surface area contributed by atoms with Crippen LogP contribution in [0.3, 0.4) is 0 Å². The van der Waals surface area contributed by atoms with E-state index in [1.807, 2.05) is 6.07 Å². The lowest BCUT2D eigenvalue weighted by molar-refractivity contribution is -0.0499. The summed E-state index contributed by atoms with van der Waals surface area (Å²) in [5.74, 6) is 0.866. The SMILES string of the molecule is FC(F)Oc1ccc2c(c1)[C@H]1C[C@@H]2CCN1. The van der Waals surface area contributed by atoms with E-state index >= 15 is 0 Å². The van der Waals surface area contributed by atoms with Gasteiger partial charge in [-0.1, -0.05) is 6.07 Å². The molecule has 0 aromatic heterocycles. The summed E-state index contributed by atoms with van der Waals surface area (Å²) in [5, 5.41) is 3.40. The van der Waals surface area contributed by atoms with E-state index < -0.39 is 6.61 Å². The summed E-state index contributed by atoms with van der Waals surface area (Å²) >= 11 is 0. The van der Waals surface area contributed by atoms with Crippen LogP contribution >= 0.6 is 0 Å². The van der Waals surface area contributed by atoms with Gasteiger partial charge < -0.3 is 10.1 Å². The Hall–Kier alpha value is -1.16. The predicted molar refractivity (Wildman–Crippen MR) is 55.8 cm³/mol.